The number of aliphatic carboxylic acids is 2. The lowest BCUT2D eigenvalue weighted by molar-refractivity contribution is -0.133. The van der Waals surface area contributed by atoms with Gasteiger partial charge >= 0.3 is 11.9 Å². The first-order valence-corrected chi connectivity index (χ1v) is 12.5. The van der Waals surface area contributed by atoms with Gasteiger partial charge in [0.1, 0.15) is 0 Å². The third-order valence-corrected chi connectivity index (χ3v) is 3.93. The fourth-order valence-electron chi connectivity index (χ4n) is 1.73. The predicted molar refractivity (Wildman–Crippen MR) is 142 cm³/mol. The van der Waals surface area contributed by atoms with Crippen molar-refractivity contribution in [2.45, 2.75) is 131 Å². The second kappa shape index (κ2) is 35.3. The maximum atomic E-state index is 9.60. The first-order valence-electron chi connectivity index (χ1n) is 12.5. The molecule has 0 aromatic carbocycles. The standard InChI is InChI=1S/3C6H14O2.2C4H6O2/c3*1-2-3-4-5-6(7)8;2*1-3(2)4(5)6/h3*6-8H,2-5H2,1H3;2*1H2,2H3,(H,5,6). The Morgan fingerprint density at radius 1 is 0.528 bits per heavy atom. The summed E-state index contributed by atoms with van der Waals surface area (Å²) in [7, 11) is 0. The Hall–Kier alpha value is -1.82. The van der Waals surface area contributed by atoms with Gasteiger partial charge in [0.15, 0.2) is 18.9 Å². The van der Waals surface area contributed by atoms with Gasteiger partial charge in [0, 0.05) is 11.1 Å². The van der Waals surface area contributed by atoms with E-state index >= 15 is 0 Å². The molecule has 0 aromatic heterocycles. The molecule has 8 N–H and O–H groups in total. The van der Waals surface area contributed by atoms with Gasteiger partial charge in [-0.15, -0.1) is 0 Å². The zero-order valence-electron chi connectivity index (χ0n) is 23.0. The minimum absolute atomic E-state index is 0.176. The summed E-state index contributed by atoms with van der Waals surface area (Å²) in [5, 5.41) is 65.8. The molecule has 0 aliphatic heterocycles. The van der Waals surface area contributed by atoms with Crippen molar-refractivity contribution < 1.29 is 50.4 Å². The molecule has 10 nitrogen and oxygen atoms in total. The average molecular weight is 527 g/mol. The van der Waals surface area contributed by atoms with E-state index in [1.54, 1.807) is 0 Å². The summed E-state index contributed by atoms with van der Waals surface area (Å²) in [6, 6.07) is 0. The molecule has 0 unspecified atom stereocenters. The van der Waals surface area contributed by atoms with Crippen LogP contribution >= 0.6 is 0 Å². The molecule has 0 rings (SSSR count). The topological polar surface area (TPSA) is 196 Å². The van der Waals surface area contributed by atoms with Crippen molar-refractivity contribution in [3.05, 3.63) is 24.3 Å². The molecule has 0 aliphatic rings. The highest BCUT2D eigenvalue weighted by Crippen LogP contribution is 2.01. The van der Waals surface area contributed by atoms with Crippen molar-refractivity contribution in [3.8, 4) is 0 Å². The number of hydrogen-bond donors (Lipinski definition) is 8. The van der Waals surface area contributed by atoms with Crippen LogP contribution in [-0.2, 0) is 9.59 Å². The van der Waals surface area contributed by atoms with Crippen LogP contribution in [-0.4, -0.2) is 71.7 Å². The van der Waals surface area contributed by atoms with Crippen molar-refractivity contribution in [2.75, 3.05) is 0 Å². The van der Waals surface area contributed by atoms with Gasteiger partial charge in [-0.25, -0.2) is 9.59 Å². The van der Waals surface area contributed by atoms with Crippen molar-refractivity contribution >= 4 is 11.9 Å². The third-order valence-electron chi connectivity index (χ3n) is 3.93. The first kappa shape index (κ1) is 44.2. The van der Waals surface area contributed by atoms with Crippen LogP contribution < -0.4 is 0 Å². The summed E-state index contributed by atoms with van der Waals surface area (Å²) in [6.07, 6.45) is 7.73. The summed E-state index contributed by atoms with van der Waals surface area (Å²) >= 11 is 0. The van der Waals surface area contributed by atoms with E-state index in [0.717, 1.165) is 57.8 Å². The molecule has 0 aromatic rings. The molecule has 0 amide bonds. The molecule has 10 heteroatoms. The van der Waals surface area contributed by atoms with Gasteiger partial charge in [-0.1, -0.05) is 72.5 Å². The van der Waals surface area contributed by atoms with Gasteiger partial charge in [-0.3, -0.25) is 0 Å². The van der Waals surface area contributed by atoms with Crippen molar-refractivity contribution in [1.82, 2.24) is 0 Å². The number of carboxylic acid groups (broad SMARTS) is 2. The number of hydrogen-bond acceptors (Lipinski definition) is 8. The van der Waals surface area contributed by atoms with E-state index in [-0.39, 0.29) is 11.1 Å². The Bertz CT molecular complexity index is 422. The minimum atomic E-state index is -1.10. The molecule has 218 valence electrons. The van der Waals surface area contributed by atoms with Gasteiger partial charge in [-0.2, -0.15) is 0 Å². The molecule has 0 fully saturated rings. The maximum absolute atomic E-state index is 9.60. The first-order chi connectivity index (χ1) is 16.6. The number of carbonyl (C=O) groups is 2. The van der Waals surface area contributed by atoms with Crippen LogP contribution in [0.15, 0.2) is 24.3 Å². The third kappa shape index (κ3) is 69.7. The van der Waals surface area contributed by atoms with Crippen LogP contribution in [0, 0.1) is 0 Å². The highest BCUT2D eigenvalue weighted by molar-refractivity contribution is 5.85. The zero-order valence-corrected chi connectivity index (χ0v) is 23.0. The average Bonchev–Trinajstić information content (AvgIpc) is 2.75. The maximum Gasteiger partial charge on any atom is 0.330 e. The van der Waals surface area contributed by atoms with E-state index < -0.39 is 30.8 Å². The second-order valence-electron chi connectivity index (χ2n) is 8.10. The summed E-state index contributed by atoms with van der Waals surface area (Å²) in [4.78, 5) is 19.2. The SMILES string of the molecule is C=C(C)C(=O)O.C=C(C)C(=O)O.CCCCCC(O)O.CCCCCC(O)O.CCCCCC(O)O. The number of aliphatic hydroxyl groups excluding tert-OH is 3. The Labute approximate surface area is 217 Å². The Balaban J connectivity index is -0.000000112. The van der Waals surface area contributed by atoms with Crippen LogP contribution in [0.2, 0.25) is 0 Å². The van der Waals surface area contributed by atoms with E-state index in [9.17, 15) is 9.59 Å². The monoisotopic (exact) mass is 526 g/mol. The smallest absolute Gasteiger partial charge is 0.330 e. The van der Waals surface area contributed by atoms with E-state index in [2.05, 4.69) is 33.9 Å². The lowest BCUT2D eigenvalue weighted by Gasteiger charge is -1.99. The highest BCUT2D eigenvalue weighted by atomic mass is 16.5. The molecule has 0 saturated carbocycles. The van der Waals surface area contributed by atoms with E-state index in [0.29, 0.717) is 19.3 Å². The van der Waals surface area contributed by atoms with Crippen LogP contribution in [0.3, 0.4) is 0 Å². The molecular weight excluding hydrogens is 472 g/mol. The summed E-state index contributed by atoms with van der Waals surface area (Å²) in [5.41, 5.74) is 0.352. The normalized spacial score (nSPS) is 9.50. The van der Waals surface area contributed by atoms with Crippen molar-refractivity contribution in [3.63, 3.8) is 0 Å². The van der Waals surface area contributed by atoms with Crippen molar-refractivity contribution in [1.29, 1.82) is 0 Å². The number of unbranched alkanes of at least 4 members (excludes halogenated alkanes) is 6. The Morgan fingerprint density at radius 3 is 0.778 bits per heavy atom. The zero-order chi connectivity index (χ0) is 29.5. The fraction of sp³-hybridized carbons (Fsp3) is 0.769. The fourth-order valence-corrected chi connectivity index (χ4v) is 1.73. The molecule has 36 heavy (non-hydrogen) atoms. The summed E-state index contributed by atoms with van der Waals surface area (Å²) < 4.78 is 0. The van der Waals surface area contributed by atoms with E-state index in [1.165, 1.54) is 13.8 Å². The molecule has 0 heterocycles. The molecule has 0 radical (unpaired) electrons. The quantitative estimate of drug-likeness (QED) is 0.0932. The van der Waals surface area contributed by atoms with E-state index in [4.69, 9.17) is 40.9 Å². The van der Waals surface area contributed by atoms with Gasteiger partial charge < -0.3 is 40.9 Å². The minimum Gasteiger partial charge on any atom is -0.478 e. The van der Waals surface area contributed by atoms with Gasteiger partial charge in [0.2, 0.25) is 0 Å². The molecule has 0 atom stereocenters. The number of aliphatic hydroxyl groups is 6. The number of carboxylic acids is 2. The summed E-state index contributed by atoms with van der Waals surface area (Å²) in [6.45, 7) is 15.5. The van der Waals surface area contributed by atoms with Crippen LogP contribution in [0.4, 0.5) is 0 Å². The molecule has 0 bridgehead atoms. The molecule has 0 saturated heterocycles. The second-order valence-corrected chi connectivity index (χ2v) is 8.10. The van der Waals surface area contributed by atoms with Crippen LogP contribution in [0.5, 0.6) is 0 Å². The Kier molecular flexibility index (Phi) is 43.4. The molecular formula is C26H54O10. The lowest BCUT2D eigenvalue weighted by atomic mass is 10.2. The largest absolute Gasteiger partial charge is 0.478 e. The van der Waals surface area contributed by atoms with Crippen LogP contribution in [0.25, 0.3) is 0 Å². The molecule has 0 spiro atoms. The van der Waals surface area contributed by atoms with Gasteiger partial charge in [-0.05, 0) is 52.4 Å². The van der Waals surface area contributed by atoms with Crippen molar-refractivity contribution in [2.24, 2.45) is 0 Å². The Morgan fingerprint density at radius 2 is 0.694 bits per heavy atom. The highest BCUT2D eigenvalue weighted by Gasteiger charge is 1.95. The lowest BCUT2D eigenvalue weighted by Crippen LogP contribution is -2.02. The number of rotatable bonds is 14. The summed E-state index contributed by atoms with van der Waals surface area (Å²) in [5.74, 6) is -1.87. The van der Waals surface area contributed by atoms with E-state index in [1.807, 2.05) is 0 Å². The molecule has 0 aliphatic carbocycles. The van der Waals surface area contributed by atoms with Gasteiger partial charge in [0.25, 0.3) is 0 Å². The predicted octanol–water partition coefficient (Wildman–Crippen LogP) is 3.93. The van der Waals surface area contributed by atoms with Gasteiger partial charge in [0.05, 0.1) is 0 Å². The van der Waals surface area contributed by atoms with Crippen LogP contribution in [0.1, 0.15) is 112 Å².